The van der Waals surface area contributed by atoms with Crippen molar-refractivity contribution in [2.45, 2.75) is 6.92 Å². The van der Waals surface area contributed by atoms with E-state index in [0.29, 0.717) is 34.1 Å². The maximum absolute atomic E-state index is 9.56. The Morgan fingerprint density at radius 1 is 1.04 bits per heavy atom. The molecule has 0 aliphatic carbocycles. The summed E-state index contributed by atoms with van der Waals surface area (Å²) in [6, 6.07) is 11.4. The smallest absolute Gasteiger partial charge is 0.203 e. The lowest BCUT2D eigenvalue weighted by Gasteiger charge is -2.14. The van der Waals surface area contributed by atoms with Crippen LogP contribution in [0.1, 0.15) is 16.7 Å². The number of rotatable bonds is 5. The highest BCUT2D eigenvalue weighted by molar-refractivity contribution is 5.91. The van der Waals surface area contributed by atoms with Crippen molar-refractivity contribution in [2.24, 2.45) is 0 Å². The van der Waals surface area contributed by atoms with Crippen molar-refractivity contribution < 1.29 is 14.2 Å². The number of nitrogen functional groups attached to an aromatic ring is 1. The summed E-state index contributed by atoms with van der Waals surface area (Å²) < 4.78 is 16.0. The average Bonchev–Trinajstić information content (AvgIpc) is 2.61. The van der Waals surface area contributed by atoms with Crippen LogP contribution in [0.25, 0.3) is 11.6 Å². The predicted molar refractivity (Wildman–Crippen MR) is 95.2 cm³/mol. The van der Waals surface area contributed by atoms with Crippen LogP contribution < -0.4 is 19.9 Å². The largest absolute Gasteiger partial charge is 0.493 e. The van der Waals surface area contributed by atoms with Crippen molar-refractivity contribution in [3.05, 3.63) is 47.0 Å². The lowest BCUT2D eigenvalue weighted by molar-refractivity contribution is 0.324. The molecule has 2 rings (SSSR count). The Morgan fingerprint density at radius 3 is 2.12 bits per heavy atom. The minimum atomic E-state index is 0.470. The SMILES string of the molecule is COc1cc(/C(C#N)=C/c2ccc(C)c(N)c2)cc(OC)c1OC. The number of hydrogen-bond donors (Lipinski definition) is 1. The quantitative estimate of drug-likeness (QED) is 0.516. The van der Waals surface area contributed by atoms with Crippen LogP contribution in [0.2, 0.25) is 0 Å². The van der Waals surface area contributed by atoms with Gasteiger partial charge < -0.3 is 19.9 Å². The Hall–Kier alpha value is -3.13. The van der Waals surface area contributed by atoms with Gasteiger partial charge in [-0.3, -0.25) is 0 Å². The maximum Gasteiger partial charge on any atom is 0.203 e. The second-order valence-electron chi connectivity index (χ2n) is 5.20. The van der Waals surface area contributed by atoms with Crippen LogP contribution in [0.4, 0.5) is 5.69 Å². The van der Waals surface area contributed by atoms with E-state index in [2.05, 4.69) is 6.07 Å². The summed E-state index contributed by atoms with van der Waals surface area (Å²) in [5.41, 5.74) is 9.61. The number of nitrogens with zero attached hydrogens (tertiary/aromatic N) is 1. The highest BCUT2D eigenvalue weighted by Crippen LogP contribution is 2.40. The van der Waals surface area contributed by atoms with E-state index >= 15 is 0 Å². The third-order valence-electron chi connectivity index (χ3n) is 3.71. The average molecular weight is 324 g/mol. The highest BCUT2D eigenvalue weighted by atomic mass is 16.5. The predicted octanol–water partition coefficient (Wildman–Crippen LogP) is 3.67. The van der Waals surface area contributed by atoms with Crippen LogP contribution in [0.15, 0.2) is 30.3 Å². The molecule has 2 aromatic rings. The van der Waals surface area contributed by atoms with Gasteiger partial charge in [0.2, 0.25) is 5.75 Å². The van der Waals surface area contributed by atoms with E-state index in [-0.39, 0.29) is 0 Å². The van der Waals surface area contributed by atoms with Crippen LogP contribution in [-0.2, 0) is 0 Å². The normalized spacial score (nSPS) is 10.9. The highest BCUT2D eigenvalue weighted by Gasteiger charge is 2.15. The molecule has 0 aliphatic rings. The van der Waals surface area contributed by atoms with Gasteiger partial charge in [-0.2, -0.15) is 5.26 Å². The van der Waals surface area contributed by atoms with Gasteiger partial charge in [-0.25, -0.2) is 0 Å². The number of benzene rings is 2. The van der Waals surface area contributed by atoms with E-state index in [1.165, 1.54) is 21.3 Å². The summed E-state index contributed by atoms with van der Waals surface area (Å²) in [4.78, 5) is 0. The topological polar surface area (TPSA) is 77.5 Å². The lowest BCUT2D eigenvalue weighted by atomic mass is 10.0. The van der Waals surface area contributed by atoms with Gasteiger partial charge in [-0.1, -0.05) is 12.1 Å². The third kappa shape index (κ3) is 3.44. The molecule has 2 N–H and O–H groups in total. The number of hydrogen-bond acceptors (Lipinski definition) is 5. The Morgan fingerprint density at radius 2 is 1.67 bits per heavy atom. The Kier molecular flexibility index (Phi) is 5.33. The van der Waals surface area contributed by atoms with Gasteiger partial charge in [0.25, 0.3) is 0 Å². The van der Waals surface area contributed by atoms with Gasteiger partial charge in [0.1, 0.15) is 0 Å². The zero-order valence-corrected chi connectivity index (χ0v) is 14.2. The number of nitriles is 1. The summed E-state index contributed by atoms with van der Waals surface area (Å²) in [5.74, 6) is 1.48. The zero-order valence-electron chi connectivity index (χ0n) is 14.2. The fraction of sp³-hybridized carbons (Fsp3) is 0.211. The molecule has 0 heterocycles. The minimum absolute atomic E-state index is 0.470. The summed E-state index contributed by atoms with van der Waals surface area (Å²) in [6.45, 7) is 1.94. The van der Waals surface area contributed by atoms with Gasteiger partial charge in [0.05, 0.1) is 33.0 Å². The first kappa shape index (κ1) is 17.2. The van der Waals surface area contributed by atoms with Crippen LogP contribution in [0.5, 0.6) is 17.2 Å². The fourth-order valence-electron chi connectivity index (χ4n) is 2.33. The number of ether oxygens (including phenoxy) is 3. The number of aryl methyl sites for hydroxylation is 1. The van der Waals surface area contributed by atoms with E-state index in [0.717, 1.165) is 11.1 Å². The van der Waals surface area contributed by atoms with E-state index < -0.39 is 0 Å². The molecule has 0 aromatic heterocycles. The first-order valence-corrected chi connectivity index (χ1v) is 7.32. The molecule has 0 saturated heterocycles. The summed E-state index contributed by atoms with van der Waals surface area (Å²) in [7, 11) is 4.62. The van der Waals surface area contributed by atoms with Crippen LogP contribution in [-0.4, -0.2) is 21.3 Å². The number of anilines is 1. The Bertz CT molecular complexity index is 795. The number of allylic oxidation sites excluding steroid dienone is 1. The number of nitrogens with two attached hydrogens (primary N) is 1. The van der Waals surface area contributed by atoms with Crippen molar-refractivity contribution in [3.8, 4) is 23.3 Å². The van der Waals surface area contributed by atoms with E-state index in [1.807, 2.05) is 25.1 Å². The summed E-state index contributed by atoms with van der Waals surface area (Å²) in [5, 5.41) is 9.56. The van der Waals surface area contributed by atoms with Crippen LogP contribution in [0, 0.1) is 18.3 Å². The van der Waals surface area contributed by atoms with Crippen LogP contribution >= 0.6 is 0 Å². The van der Waals surface area contributed by atoms with Crippen molar-refractivity contribution in [1.29, 1.82) is 5.26 Å². The lowest BCUT2D eigenvalue weighted by Crippen LogP contribution is -1.97. The molecule has 2 aromatic carbocycles. The van der Waals surface area contributed by atoms with Gasteiger partial charge in [0, 0.05) is 5.69 Å². The molecule has 0 bridgehead atoms. The summed E-state index contributed by atoms with van der Waals surface area (Å²) >= 11 is 0. The molecule has 124 valence electrons. The standard InChI is InChI=1S/C19H20N2O3/c1-12-5-6-13(8-16(12)21)7-15(11-20)14-9-17(22-2)19(24-4)18(10-14)23-3/h5-10H,21H2,1-4H3/b15-7+. The van der Waals surface area contributed by atoms with Gasteiger partial charge >= 0.3 is 0 Å². The molecular weight excluding hydrogens is 304 g/mol. The van der Waals surface area contributed by atoms with Crippen molar-refractivity contribution in [1.82, 2.24) is 0 Å². The molecule has 0 amide bonds. The van der Waals surface area contributed by atoms with Crippen molar-refractivity contribution in [2.75, 3.05) is 27.1 Å². The van der Waals surface area contributed by atoms with Crippen molar-refractivity contribution in [3.63, 3.8) is 0 Å². The van der Waals surface area contributed by atoms with E-state index in [4.69, 9.17) is 19.9 Å². The van der Waals surface area contributed by atoms with E-state index in [1.54, 1.807) is 18.2 Å². The molecule has 0 saturated carbocycles. The molecule has 0 atom stereocenters. The number of methoxy groups -OCH3 is 3. The van der Waals surface area contributed by atoms with Gasteiger partial charge in [-0.05, 0) is 47.9 Å². The minimum Gasteiger partial charge on any atom is -0.493 e. The fourth-order valence-corrected chi connectivity index (χ4v) is 2.33. The summed E-state index contributed by atoms with van der Waals surface area (Å²) in [6.07, 6.45) is 1.77. The molecule has 0 fully saturated rings. The Balaban J connectivity index is 2.56. The van der Waals surface area contributed by atoms with E-state index in [9.17, 15) is 5.26 Å². The molecular formula is C19H20N2O3. The second kappa shape index (κ2) is 7.42. The van der Waals surface area contributed by atoms with Crippen molar-refractivity contribution >= 4 is 17.3 Å². The van der Waals surface area contributed by atoms with Crippen LogP contribution in [0.3, 0.4) is 0 Å². The first-order chi connectivity index (χ1) is 11.5. The second-order valence-corrected chi connectivity index (χ2v) is 5.20. The maximum atomic E-state index is 9.56. The van der Waals surface area contributed by atoms with Gasteiger partial charge in [-0.15, -0.1) is 0 Å². The monoisotopic (exact) mass is 324 g/mol. The molecule has 0 unspecified atom stereocenters. The molecule has 24 heavy (non-hydrogen) atoms. The van der Waals surface area contributed by atoms with Gasteiger partial charge in [0.15, 0.2) is 11.5 Å². The Labute approximate surface area is 141 Å². The third-order valence-corrected chi connectivity index (χ3v) is 3.71. The molecule has 5 nitrogen and oxygen atoms in total. The first-order valence-electron chi connectivity index (χ1n) is 7.32. The zero-order chi connectivity index (χ0) is 17.7. The molecule has 0 radical (unpaired) electrons. The molecule has 0 aliphatic heterocycles. The molecule has 0 spiro atoms. The molecule has 5 heteroatoms.